The number of rotatable bonds is 1. The lowest BCUT2D eigenvalue weighted by atomic mass is 9.95. The van der Waals surface area contributed by atoms with Gasteiger partial charge in [0.05, 0.1) is 12.7 Å². The van der Waals surface area contributed by atoms with E-state index in [-0.39, 0.29) is 0 Å². The molecule has 0 unspecified atom stereocenters. The molecule has 2 nitrogen and oxygen atoms in total. The Morgan fingerprint density at radius 1 is 1.64 bits per heavy atom. The summed E-state index contributed by atoms with van der Waals surface area (Å²) in [5, 5.41) is 4.53. The Hall–Kier alpha value is 0.400. The smallest absolute Gasteiger partial charge is 0.0691 e. The molecule has 0 amide bonds. The molecule has 0 bridgehead atoms. The van der Waals surface area contributed by atoms with Gasteiger partial charge in [-0.2, -0.15) is 0 Å². The van der Waals surface area contributed by atoms with Crippen LogP contribution in [0.5, 0.6) is 0 Å². The summed E-state index contributed by atoms with van der Waals surface area (Å²) in [6.45, 7) is 2.10. The van der Waals surface area contributed by atoms with Gasteiger partial charge in [-0.25, -0.2) is 0 Å². The molecule has 1 N–H and O–H groups in total. The van der Waals surface area contributed by atoms with E-state index in [4.69, 9.17) is 4.74 Å². The molecule has 2 aliphatic rings. The minimum absolute atomic E-state index is 0.360. The SMILES string of the molecule is BrC[C@@H]1C[C@]2(CCCN2)CO1. The van der Waals surface area contributed by atoms with E-state index in [1.165, 1.54) is 25.8 Å². The lowest BCUT2D eigenvalue weighted by Crippen LogP contribution is -2.40. The normalized spacial score (nSPS) is 43.9. The van der Waals surface area contributed by atoms with Gasteiger partial charge in [-0.15, -0.1) is 0 Å². The molecule has 0 saturated carbocycles. The zero-order chi connectivity index (χ0) is 7.73. The highest BCUT2D eigenvalue weighted by Gasteiger charge is 2.41. The van der Waals surface area contributed by atoms with E-state index in [0.29, 0.717) is 11.6 Å². The summed E-state index contributed by atoms with van der Waals surface area (Å²) in [5.74, 6) is 0. The van der Waals surface area contributed by atoms with Crippen LogP contribution in [-0.4, -0.2) is 30.1 Å². The first-order valence-electron chi connectivity index (χ1n) is 4.27. The molecule has 64 valence electrons. The van der Waals surface area contributed by atoms with Gasteiger partial charge < -0.3 is 10.1 Å². The van der Waals surface area contributed by atoms with Crippen LogP contribution >= 0.6 is 15.9 Å². The molecule has 2 aliphatic heterocycles. The zero-order valence-corrected chi connectivity index (χ0v) is 8.19. The molecule has 2 heterocycles. The molecule has 1 spiro atoms. The summed E-state index contributed by atoms with van der Waals surface area (Å²) >= 11 is 3.45. The van der Waals surface area contributed by atoms with Gasteiger partial charge in [0.15, 0.2) is 0 Å². The monoisotopic (exact) mass is 219 g/mol. The average molecular weight is 220 g/mol. The third-order valence-corrected chi connectivity index (χ3v) is 3.44. The molecule has 0 aromatic rings. The predicted molar refractivity (Wildman–Crippen MR) is 48.1 cm³/mol. The molecule has 2 rings (SSSR count). The molecule has 3 heteroatoms. The van der Waals surface area contributed by atoms with Gasteiger partial charge >= 0.3 is 0 Å². The van der Waals surface area contributed by atoms with Crippen LogP contribution in [0.25, 0.3) is 0 Å². The van der Waals surface area contributed by atoms with Crippen LogP contribution in [0.15, 0.2) is 0 Å². The van der Waals surface area contributed by atoms with E-state index in [9.17, 15) is 0 Å². The first-order valence-corrected chi connectivity index (χ1v) is 5.39. The molecule has 0 radical (unpaired) electrons. The molecule has 0 aromatic heterocycles. The molecular weight excluding hydrogens is 206 g/mol. The van der Waals surface area contributed by atoms with Crippen LogP contribution in [0, 0.1) is 0 Å². The maximum Gasteiger partial charge on any atom is 0.0691 e. The van der Waals surface area contributed by atoms with Crippen molar-refractivity contribution >= 4 is 15.9 Å². The van der Waals surface area contributed by atoms with E-state index >= 15 is 0 Å². The summed E-state index contributed by atoms with van der Waals surface area (Å²) in [6.07, 6.45) is 4.26. The van der Waals surface area contributed by atoms with Crippen LogP contribution in [0.1, 0.15) is 19.3 Å². The van der Waals surface area contributed by atoms with Crippen molar-refractivity contribution < 1.29 is 4.74 Å². The molecule has 11 heavy (non-hydrogen) atoms. The largest absolute Gasteiger partial charge is 0.375 e. The van der Waals surface area contributed by atoms with E-state index in [1.54, 1.807) is 0 Å². The summed E-state index contributed by atoms with van der Waals surface area (Å²) in [4.78, 5) is 0. The van der Waals surface area contributed by atoms with Gasteiger partial charge in [0.1, 0.15) is 0 Å². The Kier molecular flexibility index (Phi) is 2.21. The minimum atomic E-state index is 0.360. The average Bonchev–Trinajstić information content (AvgIpc) is 2.62. The van der Waals surface area contributed by atoms with Crippen molar-refractivity contribution in [3.63, 3.8) is 0 Å². The second-order valence-corrected chi connectivity index (χ2v) is 4.25. The fourth-order valence-electron chi connectivity index (χ4n) is 2.10. The Labute approximate surface area is 75.8 Å². The van der Waals surface area contributed by atoms with Gasteiger partial charge in [0, 0.05) is 10.9 Å². The first-order chi connectivity index (χ1) is 5.35. The minimum Gasteiger partial charge on any atom is -0.375 e. The lowest BCUT2D eigenvalue weighted by molar-refractivity contribution is 0.118. The summed E-state index contributed by atoms with van der Waals surface area (Å²) in [5.41, 5.74) is 0.360. The van der Waals surface area contributed by atoms with Crippen LogP contribution in [0.3, 0.4) is 0 Å². The molecule has 2 atom stereocenters. The van der Waals surface area contributed by atoms with Crippen LogP contribution in [0.4, 0.5) is 0 Å². The number of halogens is 1. The van der Waals surface area contributed by atoms with E-state index in [2.05, 4.69) is 21.2 Å². The van der Waals surface area contributed by atoms with E-state index < -0.39 is 0 Å². The molecule has 2 fully saturated rings. The Morgan fingerprint density at radius 3 is 3.09 bits per heavy atom. The number of nitrogens with one attached hydrogen (secondary N) is 1. The topological polar surface area (TPSA) is 21.3 Å². The van der Waals surface area contributed by atoms with Crippen molar-refractivity contribution in [3.05, 3.63) is 0 Å². The number of ether oxygens (including phenoxy) is 1. The molecular formula is C8H14BrNO. The number of hydrogen-bond donors (Lipinski definition) is 1. The van der Waals surface area contributed by atoms with Crippen molar-refractivity contribution in [2.75, 3.05) is 18.5 Å². The van der Waals surface area contributed by atoms with Crippen LogP contribution in [-0.2, 0) is 4.74 Å². The zero-order valence-electron chi connectivity index (χ0n) is 6.61. The lowest BCUT2D eigenvalue weighted by Gasteiger charge is -2.20. The van der Waals surface area contributed by atoms with Gasteiger partial charge in [-0.1, -0.05) is 15.9 Å². The van der Waals surface area contributed by atoms with Crippen molar-refractivity contribution in [1.82, 2.24) is 5.32 Å². The van der Waals surface area contributed by atoms with Crippen molar-refractivity contribution in [2.45, 2.75) is 30.9 Å². The highest BCUT2D eigenvalue weighted by molar-refractivity contribution is 9.09. The quantitative estimate of drug-likeness (QED) is 0.672. The fraction of sp³-hybridized carbons (Fsp3) is 1.00. The number of alkyl halides is 1. The second-order valence-electron chi connectivity index (χ2n) is 3.60. The molecule has 2 saturated heterocycles. The van der Waals surface area contributed by atoms with Gasteiger partial charge in [-0.05, 0) is 25.8 Å². The van der Waals surface area contributed by atoms with Crippen molar-refractivity contribution in [1.29, 1.82) is 0 Å². The standard InChI is InChI=1S/C8H14BrNO/c9-5-7-4-8(6-11-7)2-1-3-10-8/h7,10H,1-6H2/t7-,8+/m0/s1. The maximum absolute atomic E-state index is 5.63. The summed E-state index contributed by atoms with van der Waals surface area (Å²) < 4.78 is 5.63. The Morgan fingerprint density at radius 2 is 2.55 bits per heavy atom. The van der Waals surface area contributed by atoms with Crippen molar-refractivity contribution in [2.24, 2.45) is 0 Å². The fourth-order valence-corrected chi connectivity index (χ4v) is 2.51. The summed E-state index contributed by atoms with van der Waals surface area (Å²) in [7, 11) is 0. The van der Waals surface area contributed by atoms with Gasteiger partial charge in [0.2, 0.25) is 0 Å². The van der Waals surface area contributed by atoms with Crippen LogP contribution < -0.4 is 5.32 Å². The van der Waals surface area contributed by atoms with Gasteiger partial charge in [0.25, 0.3) is 0 Å². The summed E-state index contributed by atoms with van der Waals surface area (Å²) in [6, 6.07) is 0. The third-order valence-electron chi connectivity index (χ3n) is 2.72. The number of hydrogen-bond acceptors (Lipinski definition) is 2. The van der Waals surface area contributed by atoms with Crippen molar-refractivity contribution in [3.8, 4) is 0 Å². The third kappa shape index (κ3) is 1.46. The van der Waals surface area contributed by atoms with E-state index in [0.717, 1.165) is 11.9 Å². The molecule has 0 aromatic carbocycles. The Balaban J connectivity index is 1.96. The second kappa shape index (κ2) is 3.04. The molecule has 0 aliphatic carbocycles. The van der Waals surface area contributed by atoms with Gasteiger partial charge in [-0.3, -0.25) is 0 Å². The maximum atomic E-state index is 5.63. The highest BCUT2D eigenvalue weighted by atomic mass is 79.9. The first kappa shape index (κ1) is 8.02. The predicted octanol–water partition coefficient (Wildman–Crippen LogP) is 1.29. The highest BCUT2D eigenvalue weighted by Crippen LogP contribution is 2.32. The van der Waals surface area contributed by atoms with Crippen LogP contribution in [0.2, 0.25) is 0 Å². The van der Waals surface area contributed by atoms with E-state index in [1.807, 2.05) is 0 Å². The Bertz CT molecular complexity index is 145.